The van der Waals surface area contributed by atoms with Gasteiger partial charge in [0.1, 0.15) is 0 Å². The van der Waals surface area contributed by atoms with Crippen LogP contribution in [0.2, 0.25) is 0 Å². The Balaban J connectivity index is 1.69. The van der Waals surface area contributed by atoms with Gasteiger partial charge in [-0.3, -0.25) is 9.59 Å². The number of benzene rings is 1. The fourth-order valence-corrected chi connectivity index (χ4v) is 4.13. The monoisotopic (exact) mass is 415 g/mol. The van der Waals surface area contributed by atoms with Crippen molar-refractivity contribution in [1.82, 2.24) is 5.32 Å². The smallest absolute Gasteiger partial charge is 0.253 e. The molecule has 0 aliphatic carbocycles. The first kappa shape index (κ1) is 21.3. The number of hydrogen-bond donors (Lipinski definition) is 2. The quantitative estimate of drug-likeness (QED) is 0.581. The molecule has 1 aromatic carbocycles. The maximum Gasteiger partial charge on any atom is 0.253 e. The first-order valence-corrected chi connectivity index (χ1v) is 11.1. The molecule has 1 aliphatic heterocycles. The number of thiophene rings is 1. The molecule has 0 bridgehead atoms. The summed E-state index contributed by atoms with van der Waals surface area (Å²) in [5, 5.41) is 7.87. The number of rotatable bonds is 10. The third-order valence-corrected chi connectivity index (χ3v) is 5.72. The van der Waals surface area contributed by atoms with Crippen LogP contribution in [0.1, 0.15) is 41.4 Å². The lowest BCUT2D eigenvalue weighted by Crippen LogP contribution is -2.29. The van der Waals surface area contributed by atoms with E-state index in [1.165, 1.54) is 0 Å². The van der Waals surface area contributed by atoms with Gasteiger partial charge in [0.05, 0.1) is 12.0 Å². The fourth-order valence-electron chi connectivity index (χ4n) is 3.42. The Morgan fingerprint density at radius 2 is 2.03 bits per heavy atom. The maximum atomic E-state index is 12.9. The van der Waals surface area contributed by atoms with Crippen LogP contribution in [-0.4, -0.2) is 44.7 Å². The van der Waals surface area contributed by atoms with Crippen molar-refractivity contribution in [3.05, 3.63) is 46.2 Å². The van der Waals surface area contributed by atoms with Crippen molar-refractivity contribution in [1.29, 1.82) is 0 Å². The van der Waals surface area contributed by atoms with Crippen LogP contribution in [0.25, 0.3) is 0 Å². The predicted molar refractivity (Wildman–Crippen MR) is 118 cm³/mol. The molecule has 156 valence electrons. The summed E-state index contributed by atoms with van der Waals surface area (Å²) in [7, 11) is 0. The number of carbonyl (C=O) groups excluding carboxylic acids is 2. The molecule has 2 heterocycles. The lowest BCUT2D eigenvalue weighted by atomic mass is 10.1. The topological polar surface area (TPSA) is 70.7 Å². The molecule has 6 nitrogen and oxygen atoms in total. The minimum absolute atomic E-state index is 0.0792. The highest BCUT2D eigenvalue weighted by atomic mass is 32.1. The molecule has 2 aromatic rings. The van der Waals surface area contributed by atoms with E-state index in [9.17, 15) is 9.59 Å². The SMILES string of the molecule is CCOCCCNC(=O)c1cc(NC(=O)Cc2cccs2)ccc1N1CCCC1. The van der Waals surface area contributed by atoms with Crippen molar-refractivity contribution in [2.75, 3.05) is 43.1 Å². The van der Waals surface area contributed by atoms with E-state index in [1.807, 2.05) is 36.6 Å². The van der Waals surface area contributed by atoms with Crippen LogP contribution < -0.4 is 15.5 Å². The molecule has 0 unspecified atom stereocenters. The zero-order valence-corrected chi connectivity index (χ0v) is 17.7. The number of nitrogens with one attached hydrogen (secondary N) is 2. The molecule has 0 radical (unpaired) electrons. The Morgan fingerprint density at radius 1 is 1.21 bits per heavy atom. The average Bonchev–Trinajstić information content (AvgIpc) is 3.42. The van der Waals surface area contributed by atoms with Crippen LogP contribution in [0.15, 0.2) is 35.7 Å². The summed E-state index contributed by atoms with van der Waals surface area (Å²) in [5.41, 5.74) is 2.19. The third-order valence-electron chi connectivity index (χ3n) is 4.84. The van der Waals surface area contributed by atoms with E-state index in [-0.39, 0.29) is 11.8 Å². The normalized spacial score (nSPS) is 13.5. The third kappa shape index (κ3) is 6.30. The summed E-state index contributed by atoms with van der Waals surface area (Å²) in [5.74, 6) is -0.192. The minimum Gasteiger partial charge on any atom is -0.382 e. The summed E-state index contributed by atoms with van der Waals surface area (Å²) < 4.78 is 5.33. The number of ether oxygens (including phenoxy) is 1. The maximum absolute atomic E-state index is 12.9. The van der Waals surface area contributed by atoms with Crippen molar-refractivity contribution < 1.29 is 14.3 Å². The van der Waals surface area contributed by atoms with Gasteiger partial charge < -0.3 is 20.3 Å². The van der Waals surface area contributed by atoms with E-state index >= 15 is 0 Å². The van der Waals surface area contributed by atoms with Gasteiger partial charge in [-0.1, -0.05) is 6.07 Å². The van der Waals surface area contributed by atoms with E-state index in [1.54, 1.807) is 17.4 Å². The summed E-state index contributed by atoms with van der Waals surface area (Å²) in [4.78, 5) is 28.5. The summed E-state index contributed by atoms with van der Waals surface area (Å²) in [6.45, 7) is 5.74. The number of carbonyl (C=O) groups is 2. The van der Waals surface area contributed by atoms with Gasteiger partial charge in [-0.2, -0.15) is 0 Å². The molecule has 1 aromatic heterocycles. The van der Waals surface area contributed by atoms with Gasteiger partial charge in [-0.25, -0.2) is 0 Å². The van der Waals surface area contributed by atoms with Gasteiger partial charge in [0, 0.05) is 49.1 Å². The molecule has 0 spiro atoms. The molecule has 0 atom stereocenters. The Morgan fingerprint density at radius 3 is 2.76 bits per heavy atom. The van der Waals surface area contributed by atoms with E-state index < -0.39 is 0 Å². The Labute approximate surface area is 176 Å². The van der Waals surface area contributed by atoms with Gasteiger partial charge in [-0.15, -0.1) is 11.3 Å². The summed E-state index contributed by atoms with van der Waals surface area (Å²) in [6.07, 6.45) is 3.38. The van der Waals surface area contributed by atoms with Crippen LogP contribution in [0.4, 0.5) is 11.4 Å². The second kappa shape index (κ2) is 11.0. The van der Waals surface area contributed by atoms with Crippen LogP contribution in [0.3, 0.4) is 0 Å². The molecular formula is C22H29N3O3S. The highest BCUT2D eigenvalue weighted by Gasteiger charge is 2.20. The lowest BCUT2D eigenvalue weighted by Gasteiger charge is -2.22. The standard InChI is InChI=1S/C22H29N3O3S/c1-2-28-13-6-10-23-22(27)19-15-17(8-9-20(19)25-11-3-4-12-25)24-21(26)16-18-7-5-14-29-18/h5,7-9,14-15H,2-4,6,10-13,16H2,1H3,(H,23,27)(H,24,26). The van der Waals surface area contributed by atoms with Crippen molar-refractivity contribution in [3.63, 3.8) is 0 Å². The zero-order valence-electron chi connectivity index (χ0n) is 16.9. The van der Waals surface area contributed by atoms with E-state index in [4.69, 9.17) is 4.74 Å². The van der Waals surface area contributed by atoms with E-state index in [2.05, 4.69) is 15.5 Å². The summed E-state index contributed by atoms with van der Waals surface area (Å²) in [6, 6.07) is 9.50. The van der Waals surface area contributed by atoms with Crippen LogP contribution in [0.5, 0.6) is 0 Å². The minimum atomic E-state index is -0.113. The molecule has 2 amide bonds. The highest BCUT2D eigenvalue weighted by molar-refractivity contribution is 7.10. The fraction of sp³-hybridized carbons (Fsp3) is 0.455. The largest absolute Gasteiger partial charge is 0.382 e. The summed E-state index contributed by atoms with van der Waals surface area (Å²) >= 11 is 1.56. The molecule has 1 saturated heterocycles. The molecule has 2 N–H and O–H groups in total. The second-order valence-corrected chi connectivity index (χ2v) is 8.07. The predicted octanol–water partition coefficient (Wildman–Crippen LogP) is 3.69. The van der Waals surface area contributed by atoms with E-state index in [0.29, 0.717) is 37.4 Å². The molecule has 29 heavy (non-hydrogen) atoms. The molecule has 3 rings (SSSR count). The van der Waals surface area contributed by atoms with E-state index in [0.717, 1.165) is 42.9 Å². The molecular weight excluding hydrogens is 386 g/mol. The first-order chi connectivity index (χ1) is 14.2. The second-order valence-electron chi connectivity index (χ2n) is 7.04. The van der Waals surface area contributed by atoms with Crippen molar-refractivity contribution in [2.45, 2.75) is 32.6 Å². The lowest BCUT2D eigenvalue weighted by molar-refractivity contribution is -0.115. The number of anilines is 2. The van der Waals surface area contributed by atoms with Crippen molar-refractivity contribution >= 4 is 34.5 Å². The highest BCUT2D eigenvalue weighted by Crippen LogP contribution is 2.27. The zero-order chi connectivity index (χ0) is 20.5. The van der Waals surface area contributed by atoms with Gasteiger partial charge in [0.2, 0.25) is 5.91 Å². The molecule has 0 saturated carbocycles. The first-order valence-electron chi connectivity index (χ1n) is 10.2. The van der Waals surface area contributed by atoms with Gasteiger partial charge in [-0.05, 0) is 55.8 Å². The number of amides is 2. The van der Waals surface area contributed by atoms with Crippen LogP contribution in [0, 0.1) is 0 Å². The van der Waals surface area contributed by atoms with Crippen molar-refractivity contribution in [2.24, 2.45) is 0 Å². The Hall–Kier alpha value is -2.38. The van der Waals surface area contributed by atoms with Gasteiger partial charge >= 0.3 is 0 Å². The van der Waals surface area contributed by atoms with Gasteiger partial charge in [0.15, 0.2) is 0 Å². The van der Waals surface area contributed by atoms with Crippen LogP contribution >= 0.6 is 11.3 Å². The average molecular weight is 416 g/mol. The Bertz CT molecular complexity index is 802. The molecule has 1 aliphatic rings. The van der Waals surface area contributed by atoms with Gasteiger partial charge in [0.25, 0.3) is 5.91 Å². The van der Waals surface area contributed by atoms with Crippen molar-refractivity contribution in [3.8, 4) is 0 Å². The molecule has 1 fully saturated rings. The Kier molecular flexibility index (Phi) is 8.07. The number of hydrogen-bond acceptors (Lipinski definition) is 5. The molecule has 7 heteroatoms. The van der Waals surface area contributed by atoms with Crippen LogP contribution in [-0.2, 0) is 16.0 Å². The number of nitrogens with zero attached hydrogens (tertiary/aromatic N) is 1.